The Morgan fingerprint density at radius 3 is 2.07 bits per heavy atom. The Morgan fingerprint density at radius 2 is 1.52 bits per heavy atom. The van der Waals surface area contributed by atoms with E-state index in [0.29, 0.717) is 18.5 Å². The van der Waals surface area contributed by atoms with Gasteiger partial charge in [-0.25, -0.2) is 12.7 Å². The van der Waals surface area contributed by atoms with E-state index in [1.54, 1.807) is 45.0 Å². The third-order valence-electron chi connectivity index (χ3n) is 4.44. The third-order valence-corrected chi connectivity index (χ3v) is 6.75. The summed E-state index contributed by atoms with van der Waals surface area (Å²) in [6.07, 6.45) is 0.648. The molecule has 2 aromatic carbocycles. The van der Waals surface area contributed by atoms with E-state index in [1.807, 2.05) is 36.4 Å². The van der Waals surface area contributed by atoms with Crippen molar-refractivity contribution in [3.05, 3.63) is 71.8 Å². The number of benzene rings is 2. The van der Waals surface area contributed by atoms with Gasteiger partial charge in [0.05, 0.1) is 5.54 Å². The summed E-state index contributed by atoms with van der Waals surface area (Å²) in [5.41, 5.74) is 0.918. The molecule has 1 aliphatic rings. The van der Waals surface area contributed by atoms with E-state index in [0.717, 1.165) is 9.87 Å². The van der Waals surface area contributed by atoms with Crippen molar-refractivity contribution in [2.24, 2.45) is 4.99 Å². The first kappa shape index (κ1) is 19.3. The Morgan fingerprint density at radius 1 is 0.963 bits per heavy atom. The number of hydrogen-bond donors (Lipinski definition) is 0. The van der Waals surface area contributed by atoms with Gasteiger partial charge in [-0.1, -0.05) is 60.7 Å². The van der Waals surface area contributed by atoms with E-state index in [2.05, 4.69) is 4.99 Å². The van der Waals surface area contributed by atoms with E-state index in [9.17, 15) is 13.2 Å². The van der Waals surface area contributed by atoms with Crippen LogP contribution in [-0.2, 0) is 21.2 Å². The average Bonchev–Trinajstić information content (AvgIpc) is 2.81. The van der Waals surface area contributed by atoms with Crippen molar-refractivity contribution in [3.63, 3.8) is 0 Å². The smallest absolute Gasteiger partial charge is 0.282 e. The molecule has 6 heteroatoms. The van der Waals surface area contributed by atoms with Gasteiger partial charge in [0.25, 0.3) is 15.9 Å². The highest BCUT2D eigenvalue weighted by atomic mass is 32.2. The van der Waals surface area contributed by atoms with Crippen LogP contribution in [0.15, 0.2) is 65.7 Å². The second kappa shape index (κ2) is 7.27. The van der Waals surface area contributed by atoms with Crippen LogP contribution >= 0.6 is 0 Å². The molecule has 1 fully saturated rings. The summed E-state index contributed by atoms with van der Waals surface area (Å²) in [7, 11) is -3.88. The zero-order valence-corrected chi connectivity index (χ0v) is 16.6. The first-order chi connectivity index (χ1) is 12.7. The number of sulfonamides is 1. The molecule has 0 radical (unpaired) electrons. The molecule has 2 aromatic rings. The van der Waals surface area contributed by atoms with Crippen LogP contribution in [0.5, 0.6) is 0 Å². The quantitative estimate of drug-likeness (QED) is 0.812. The summed E-state index contributed by atoms with van der Waals surface area (Å²) in [5, 5.41) is -1.05. The molecule has 1 amide bonds. The summed E-state index contributed by atoms with van der Waals surface area (Å²) in [6.45, 7) is 5.52. The number of carbonyl (C=O) groups is 1. The summed E-state index contributed by atoms with van der Waals surface area (Å²) < 4.78 is 27.4. The maximum absolute atomic E-state index is 13.2. The third kappa shape index (κ3) is 3.81. The van der Waals surface area contributed by atoms with Crippen molar-refractivity contribution < 1.29 is 13.2 Å². The van der Waals surface area contributed by atoms with Crippen LogP contribution in [0.3, 0.4) is 0 Å². The maximum atomic E-state index is 13.2. The molecule has 0 N–H and O–H groups in total. The van der Waals surface area contributed by atoms with E-state index in [-0.39, 0.29) is 5.71 Å². The highest BCUT2D eigenvalue weighted by Gasteiger charge is 2.54. The van der Waals surface area contributed by atoms with Crippen molar-refractivity contribution in [3.8, 4) is 0 Å². The predicted octanol–water partition coefficient (Wildman–Crippen LogP) is 3.38. The second-order valence-corrected chi connectivity index (χ2v) is 9.45. The largest absolute Gasteiger partial charge is 0.283 e. The van der Waals surface area contributed by atoms with E-state index >= 15 is 0 Å². The molecule has 1 saturated heterocycles. The molecule has 0 spiro atoms. The Hall–Kier alpha value is -2.47. The van der Waals surface area contributed by atoms with Crippen molar-refractivity contribution in [2.75, 3.05) is 6.54 Å². The minimum absolute atomic E-state index is 0.104. The van der Waals surface area contributed by atoms with Crippen molar-refractivity contribution >= 4 is 21.6 Å². The lowest BCUT2D eigenvalue weighted by molar-refractivity contribution is -0.122. The molecule has 3 rings (SSSR count). The minimum atomic E-state index is -3.88. The lowest BCUT2D eigenvalue weighted by Crippen LogP contribution is -2.45. The molecule has 0 saturated carbocycles. The molecule has 1 atom stereocenters. The molecule has 1 unspecified atom stereocenters. The maximum Gasteiger partial charge on any atom is 0.283 e. The van der Waals surface area contributed by atoms with Gasteiger partial charge in [0, 0.05) is 6.54 Å². The van der Waals surface area contributed by atoms with Crippen molar-refractivity contribution in [1.29, 1.82) is 0 Å². The van der Waals surface area contributed by atoms with E-state index in [1.165, 1.54) is 0 Å². The van der Waals surface area contributed by atoms with Gasteiger partial charge in [-0.15, -0.1) is 0 Å². The number of aliphatic imine (C=N–C) groups is 1. The van der Waals surface area contributed by atoms with Crippen LogP contribution in [0.25, 0.3) is 0 Å². The molecule has 142 valence electrons. The Balaban J connectivity index is 2.00. The average molecular weight is 385 g/mol. The van der Waals surface area contributed by atoms with Gasteiger partial charge in [-0.05, 0) is 38.3 Å². The van der Waals surface area contributed by atoms with Crippen LogP contribution in [0.1, 0.15) is 37.1 Å². The van der Waals surface area contributed by atoms with Gasteiger partial charge in [0.15, 0.2) is 5.25 Å². The van der Waals surface area contributed by atoms with Crippen molar-refractivity contribution in [2.45, 2.75) is 38.0 Å². The first-order valence-corrected chi connectivity index (χ1v) is 10.4. The van der Waals surface area contributed by atoms with Crippen LogP contribution in [0.2, 0.25) is 0 Å². The Labute approximate surface area is 160 Å². The second-order valence-electron chi connectivity index (χ2n) is 7.58. The predicted molar refractivity (Wildman–Crippen MR) is 107 cm³/mol. The molecule has 1 aliphatic heterocycles. The van der Waals surface area contributed by atoms with E-state index < -0.39 is 26.7 Å². The SMILES string of the molecule is CC(C)(C)N1C(=O)C(=NCCc2ccccc2)C(c2ccccc2)S1(=O)=O. The lowest BCUT2D eigenvalue weighted by Gasteiger charge is -2.30. The van der Waals surface area contributed by atoms with E-state index in [4.69, 9.17) is 0 Å². The van der Waals surface area contributed by atoms with Crippen LogP contribution in [0.4, 0.5) is 0 Å². The summed E-state index contributed by atoms with van der Waals surface area (Å²) >= 11 is 0. The fourth-order valence-electron chi connectivity index (χ4n) is 3.32. The molecule has 27 heavy (non-hydrogen) atoms. The summed E-state index contributed by atoms with van der Waals surface area (Å²) in [6, 6.07) is 18.6. The van der Waals surface area contributed by atoms with Gasteiger partial charge in [0.2, 0.25) is 0 Å². The number of carbonyl (C=O) groups excluding carboxylic acids is 1. The first-order valence-electron chi connectivity index (χ1n) is 8.95. The monoisotopic (exact) mass is 384 g/mol. The highest BCUT2D eigenvalue weighted by molar-refractivity contribution is 7.91. The normalized spacial score (nSPS) is 21.0. The highest BCUT2D eigenvalue weighted by Crippen LogP contribution is 2.38. The van der Waals surface area contributed by atoms with Gasteiger partial charge < -0.3 is 0 Å². The number of nitrogens with zero attached hydrogens (tertiary/aromatic N) is 2. The fraction of sp³-hybridized carbons (Fsp3) is 0.333. The fourth-order valence-corrected chi connectivity index (χ4v) is 5.58. The number of rotatable bonds is 4. The molecule has 0 aromatic heterocycles. The zero-order chi connectivity index (χ0) is 19.7. The number of hydrogen-bond acceptors (Lipinski definition) is 4. The Bertz CT molecular complexity index is 946. The van der Waals surface area contributed by atoms with Crippen LogP contribution in [-0.4, -0.2) is 36.4 Å². The van der Waals surface area contributed by atoms with Gasteiger partial charge in [-0.3, -0.25) is 9.79 Å². The lowest BCUT2D eigenvalue weighted by atomic mass is 10.0. The Kier molecular flexibility index (Phi) is 5.20. The molecular weight excluding hydrogens is 360 g/mol. The van der Waals surface area contributed by atoms with Gasteiger partial charge in [0.1, 0.15) is 5.71 Å². The minimum Gasteiger partial charge on any atom is -0.282 e. The molecule has 0 bridgehead atoms. The van der Waals surface area contributed by atoms with Gasteiger partial charge in [-0.2, -0.15) is 0 Å². The standard InChI is InChI=1S/C21H24N2O3S/c1-21(2,3)23-20(24)18(22-15-14-16-10-6-4-7-11-16)19(27(23,25)26)17-12-8-5-9-13-17/h4-13,19H,14-15H2,1-3H3. The van der Waals surface area contributed by atoms with Crippen molar-refractivity contribution in [1.82, 2.24) is 4.31 Å². The molecule has 0 aliphatic carbocycles. The topological polar surface area (TPSA) is 66.8 Å². The molecule has 1 heterocycles. The zero-order valence-electron chi connectivity index (χ0n) is 15.8. The van der Waals surface area contributed by atoms with Crippen LogP contribution < -0.4 is 0 Å². The molecule has 5 nitrogen and oxygen atoms in total. The van der Waals surface area contributed by atoms with Crippen LogP contribution in [0, 0.1) is 0 Å². The summed E-state index contributed by atoms with van der Waals surface area (Å²) in [4.78, 5) is 17.5. The molecular formula is C21H24N2O3S. The number of amides is 1. The summed E-state index contributed by atoms with van der Waals surface area (Å²) in [5.74, 6) is -0.524. The van der Waals surface area contributed by atoms with Gasteiger partial charge >= 0.3 is 0 Å².